The van der Waals surface area contributed by atoms with E-state index in [1.54, 1.807) is 6.08 Å². The van der Waals surface area contributed by atoms with Gasteiger partial charge in [-0.25, -0.2) is 4.79 Å². The van der Waals surface area contributed by atoms with Crippen LogP contribution < -0.4 is 0 Å². The molecule has 1 rings (SSSR count). The molecule has 16 heavy (non-hydrogen) atoms. The van der Waals surface area contributed by atoms with Crippen LogP contribution in [0.4, 0.5) is 0 Å². The highest BCUT2D eigenvalue weighted by Gasteiger charge is 2.34. The van der Waals surface area contributed by atoms with Crippen LogP contribution in [-0.2, 0) is 9.53 Å². The van der Waals surface area contributed by atoms with Crippen LogP contribution in [0.5, 0.6) is 0 Å². The van der Waals surface area contributed by atoms with Crippen molar-refractivity contribution in [2.45, 2.75) is 47.0 Å². The maximum Gasteiger partial charge on any atom is 0.330 e. The Kier molecular flexibility index (Phi) is 4.57. The van der Waals surface area contributed by atoms with Gasteiger partial charge in [-0.2, -0.15) is 0 Å². The third-order valence-corrected chi connectivity index (χ3v) is 3.72. The van der Waals surface area contributed by atoms with Gasteiger partial charge in [0.15, 0.2) is 0 Å². The van der Waals surface area contributed by atoms with Gasteiger partial charge in [0.2, 0.25) is 0 Å². The molecule has 0 spiro atoms. The number of hydrogen-bond donors (Lipinski definition) is 0. The summed E-state index contributed by atoms with van der Waals surface area (Å²) in [5, 5.41) is 0. The largest absolute Gasteiger partial charge is 0.463 e. The minimum atomic E-state index is -0.212. The van der Waals surface area contributed by atoms with E-state index in [0.29, 0.717) is 23.9 Å². The van der Waals surface area contributed by atoms with Crippen LogP contribution in [0, 0.1) is 17.3 Å². The minimum Gasteiger partial charge on any atom is -0.463 e. The lowest BCUT2D eigenvalue weighted by molar-refractivity contribution is -0.137. The van der Waals surface area contributed by atoms with Gasteiger partial charge in [0.05, 0.1) is 6.61 Å². The fourth-order valence-electron chi connectivity index (χ4n) is 2.82. The summed E-state index contributed by atoms with van der Waals surface area (Å²) in [5.41, 5.74) is 0.306. The predicted molar refractivity (Wildman–Crippen MR) is 66.1 cm³/mol. The van der Waals surface area contributed by atoms with Crippen LogP contribution in [0.1, 0.15) is 47.0 Å². The fraction of sp³-hybridized carbons (Fsp3) is 0.786. The van der Waals surface area contributed by atoms with E-state index in [0.717, 1.165) is 0 Å². The molecule has 0 aromatic rings. The number of ether oxygens (including phenoxy) is 1. The van der Waals surface area contributed by atoms with Gasteiger partial charge < -0.3 is 4.74 Å². The molecule has 1 fully saturated rings. The summed E-state index contributed by atoms with van der Waals surface area (Å²) in [6.07, 6.45) is 7.48. The standard InChI is InChI=1S/C14H24O2/c1-5-16-13(15)9-8-12-11(2)7-6-10-14(12,3)4/h8-9,11-12H,5-7,10H2,1-4H3/b9-8+/t11-,12?/m0/s1. The Hall–Kier alpha value is -0.790. The van der Waals surface area contributed by atoms with Crippen molar-refractivity contribution >= 4 is 5.97 Å². The number of rotatable bonds is 3. The second-order valence-corrected chi connectivity index (χ2v) is 5.50. The van der Waals surface area contributed by atoms with E-state index >= 15 is 0 Å². The van der Waals surface area contributed by atoms with Gasteiger partial charge in [-0.3, -0.25) is 0 Å². The van der Waals surface area contributed by atoms with Crippen molar-refractivity contribution in [3.8, 4) is 0 Å². The van der Waals surface area contributed by atoms with Gasteiger partial charge in [0, 0.05) is 6.08 Å². The first-order valence-corrected chi connectivity index (χ1v) is 6.32. The topological polar surface area (TPSA) is 26.3 Å². The van der Waals surface area contributed by atoms with Crippen molar-refractivity contribution in [1.82, 2.24) is 0 Å². The van der Waals surface area contributed by atoms with Gasteiger partial charge in [-0.05, 0) is 30.6 Å². The van der Waals surface area contributed by atoms with E-state index in [2.05, 4.69) is 26.8 Å². The van der Waals surface area contributed by atoms with E-state index in [9.17, 15) is 4.79 Å². The molecule has 1 aliphatic carbocycles. The maximum absolute atomic E-state index is 11.3. The van der Waals surface area contributed by atoms with Crippen molar-refractivity contribution in [3.63, 3.8) is 0 Å². The molecule has 1 unspecified atom stereocenters. The van der Waals surface area contributed by atoms with E-state index < -0.39 is 0 Å². The van der Waals surface area contributed by atoms with Crippen molar-refractivity contribution < 1.29 is 9.53 Å². The van der Waals surface area contributed by atoms with Gasteiger partial charge in [-0.15, -0.1) is 0 Å². The van der Waals surface area contributed by atoms with Gasteiger partial charge in [-0.1, -0.05) is 39.7 Å². The van der Waals surface area contributed by atoms with E-state index in [1.165, 1.54) is 19.3 Å². The number of carbonyl (C=O) groups is 1. The lowest BCUT2D eigenvalue weighted by Crippen LogP contribution is -2.32. The average molecular weight is 224 g/mol. The van der Waals surface area contributed by atoms with Crippen molar-refractivity contribution in [2.24, 2.45) is 17.3 Å². The Morgan fingerprint density at radius 3 is 2.75 bits per heavy atom. The van der Waals surface area contributed by atoms with Crippen molar-refractivity contribution in [2.75, 3.05) is 6.61 Å². The quantitative estimate of drug-likeness (QED) is 0.541. The number of hydrogen-bond acceptors (Lipinski definition) is 2. The Bertz CT molecular complexity index is 266. The van der Waals surface area contributed by atoms with E-state index in [4.69, 9.17) is 4.74 Å². The van der Waals surface area contributed by atoms with Crippen molar-refractivity contribution in [1.29, 1.82) is 0 Å². The van der Waals surface area contributed by atoms with Gasteiger partial charge in [0.25, 0.3) is 0 Å². The molecule has 2 nitrogen and oxygen atoms in total. The monoisotopic (exact) mass is 224 g/mol. The maximum atomic E-state index is 11.3. The highest BCUT2D eigenvalue weighted by molar-refractivity contribution is 5.81. The first-order chi connectivity index (χ1) is 7.47. The number of carbonyl (C=O) groups excluding carboxylic acids is 1. The number of allylic oxidation sites excluding steroid dienone is 1. The second-order valence-electron chi connectivity index (χ2n) is 5.50. The minimum absolute atomic E-state index is 0.212. The van der Waals surface area contributed by atoms with Crippen LogP contribution in [0.2, 0.25) is 0 Å². The SMILES string of the molecule is CCOC(=O)/C=C/C1[C@@H](C)CCCC1(C)C. The lowest BCUT2D eigenvalue weighted by atomic mass is 9.64. The van der Waals surface area contributed by atoms with E-state index in [-0.39, 0.29) is 5.97 Å². The summed E-state index contributed by atoms with van der Waals surface area (Å²) in [5.74, 6) is 0.941. The van der Waals surface area contributed by atoms with Crippen LogP contribution in [0.3, 0.4) is 0 Å². The fourth-order valence-corrected chi connectivity index (χ4v) is 2.82. The summed E-state index contributed by atoms with van der Waals surface area (Å²) in [7, 11) is 0. The Morgan fingerprint density at radius 1 is 1.50 bits per heavy atom. The molecule has 0 saturated heterocycles. The number of esters is 1. The summed E-state index contributed by atoms with van der Waals surface area (Å²) < 4.78 is 4.91. The third-order valence-electron chi connectivity index (χ3n) is 3.72. The molecular weight excluding hydrogens is 200 g/mol. The zero-order chi connectivity index (χ0) is 12.2. The van der Waals surface area contributed by atoms with Crippen LogP contribution in [0.25, 0.3) is 0 Å². The van der Waals surface area contributed by atoms with Gasteiger partial charge >= 0.3 is 5.97 Å². The molecule has 2 heteroatoms. The molecule has 1 aliphatic rings. The molecule has 0 aromatic carbocycles. The molecule has 0 radical (unpaired) electrons. The first-order valence-electron chi connectivity index (χ1n) is 6.32. The second kappa shape index (κ2) is 5.51. The molecule has 0 aliphatic heterocycles. The Labute approximate surface area is 99.1 Å². The smallest absolute Gasteiger partial charge is 0.330 e. The molecule has 0 amide bonds. The zero-order valence-corrected chi connectivity index (χ0v) is 11.0. The third kappa shape index (κ3) is 3.36. The Balaban J connectivity index is 2.65. The van der Waals surface area contributed by atoms with Crippen LogP contribution in [-0.4, -0.2) is 12.6 Å². The normalized spacial score (nSPS) is 29.2. The summed E-state index contributed by atoms with van der Waals surface area (Å²) in [6.45, 7) is 9.15. The highest BCUT2D eigenvalue weighted by Crippen LogP contribution is 2.44. The van der Waals surface area contributed by atoms with Crippen molar-refractivity contribution in [3.05, 3.63) is 12.2 Å². The molecule has 0 N–H and O–H groups in total. The lowest BCUT2D eigenvalue weighted by Gasteiger charge is -2.41. The van der Waals surface area contributed by atoms with Crippen LogP contribution in [0.15, 0.2) is 12.2 Å². The molecule has 92 valence electrons. The summed E-state index contributed by atoms with van der Waals surface area (Å²) in [4.78, 5) is 11.3. The molecule has 0 aromatic heterocycles. The zero-order valence-electron chi connectivity index (χ0n) is 11.0. The first kappa shape index (κ1) is 13.3. The molecule has 1 saturated carbocycles. The highest BCUT2D eigenvalue weighted by atomic mass is 16.5. The summed E-state index contributed by atoms with van der Waals surface area (Å²) >= 11 is 0. The molecular formula is C14H24O2. The average Bonchev–Trinajstić information content (AvgIpc) is 2.16. The van der Waals surface area contributed by atoms with Crippen LogP contribution >= 0.6 is 0 Å². The molecule has 0 bridgehead atoms. The molecule has 0 heterocycles. The summed E-state index contributed by atoms with van der Waals surface area (Å²) in [6, 6.07) is 0. The van der Waals surface area contributed by atoms with Gasteiger partial charge in [0.1, 0.15) is 0 Å². The predicted octanol–water partition coefficient (Wildman–Crippen LogP) is 3.57. The molecule has 2 atom stereocenters. The Morgan fingerprint density at radius 2 is 2.19 bits per heavy atom. The van der Waals surface area contributed by atoms with E-state index in [1.807, 2.05) is 6.92 Å².